The summed E-state index contributed by atoms with van der Waals surface area (Å²) in [5, 5.41) is 3.39. The number of aryl methyl sites for hydroxylation is 1. The molecule has 0 fully saturated rings. The molecule has 1 heterocycles. The third kappa shape index (κ3) is 3.81. The molecule has 16 heavy (non-hydrogen) atoms. The van der Waals surface area contributed by atoms with Crippen LogP contribution in [0.5, 0.6) is 0 Å². The van der Waals surface area contributed by atoms with Gasteiger partial charge in [0.25, 0.3) is 5.56 Å². The molecule has 0 aliphatic rings. The Labute approximate surface area is 97.5 Å². The summed E-state index contributed by atoms with van der Waals surface area (Å²) in [4.78, 5) is 11.7. The average molecular weight is 222 g/mol. The van der Waals surface area contributed by atoms with Gasteiger partial charge in [-0.15, -0.1) is 0 Å². The van der Waals surface area contributed by atoms with Gasteiger partial charge in [-0.25, -0.2) is 0 Å². The summed E-state index contributed by atoms with van der Waals surface area (Å²) in [5.41, 5.74) is 1.13. The molecule has 1 N–H and O–H groups in total. The van der Waals surface area contributed by atoms with Crippen LogP contribution in [0.25, 0.3) is 0 Å². The van der Waals surface area contributed by atoms with E-state index in [1.807, 2.05) is 23.6 Å². The molecule has 0 spiro atoms. The van der Waals surface area contributed by atoms with Crippen molar-refractivity contribution < 1.29 is 0 Å². The molecule has 0 amide bonds. The predicted molar refractivity (Wildman–Crippen MR) is 67.7 cm³/mol. The van der Waals surface area contributed by atoms with E-state index in [1.54, 1.807) is 6.07 Å². The molecule has 0 saturated heterocycles. The third-order valence-corrected chi connectivity index (χ3v) is 2.64. The van der Waals surface area contributed by atoms with E-state index in [9.17, 15) is 4.79 Å². The van der Waals surface area contributed by atoms with Gasteiger partial charge in [0.15, 0.2) is 0 Å². The Bertz CT molecular complexity index is 382. The number of hydrogen-bond acceptors (Lipinski definition) is 2. The van der Waals surface area contributed by atoms with E-state index in [4.69, 9.17) is 0 Å². The fourth-order valence-electron chi connectivity index (χ4n) is 1.67. The highest BCUT2D eigenvalue weighted by molar-refractivity contribution is 5.04. The summed E-state index contributed by atoms with van der Waals surface area (Å²) in [6.45, 7) is 10.1. The maximum absolute atomic E-state index is 11.7. The molecule has 3 heteroatoms. The van der Waals surface area contributed by atoms with Gasteiger partial charge < -0.3 is 9.88 Å². The molecule has 3 nitrogen and oxygen atoms in total. The Kier molecular flexibility index (Phi) is 4.74. The largest absolute Gasteiger partial charge is 0.314 e. The highest BCUT2D eigenvalue weighted by atomic mass is 16.1. The van der Waals surface area contributed by atoms with Gasteiger partial charge >= 0.3 is 0 Å². The zero-order valence-corrected chi connectivity index (χ0v) is 10.7. The van der Waals surface area contributed by atoms with E-state index >= 15 is 0 Å². The van der Waals surface area contributed by atoms with E-state index in [-0.39, 0.29) is 5.56 Å². The second-order valence-electron chi connectivity index (χ2n) is 4.78. The van der Waals surface area contributed by atoms with Gasteiger partial charge in [-0.05, 0) is 25.5 Å². The summed E-state index contributed by atoms with van der Waals surface area (Å²) < 4.78 is 1.84. The summed E-state index contributed by atoms with van der Waals surface area (Å²) in [6, 6.07) is 5.90. The number of pyridine rings is 1. The Morgan fingerprint density at radius 3 is 2.56 bits per heavy atom. The Morgan fingerprint density at radius 2 is 2.00 bits per heavy atom. The van der Waals surface area contributed by atoms with Gasteiger partial charge in [0.1, 0.15) is 0 Å². The molecule has 1 unspecified atom stereocenters. The van der Waals surface area contributed by atoms with Crippen molar-refractivity contribution in [2.24, 2.45) is 5.92 Å². The highest BCUT2D eigenvalue weighted by Gasteiger charge is 2.06. The SMILES string of the molecule is Cc1cccc(=O)n1CC(C)CNC(C)C. The molecular weight excluding hydrogens is 200 g/mol. The van der Waals surface area contributed by atoms with Crippen LogP contribution in [-0.2, 0) is 6.54 Å². The average Bonchev–Trinajstić information content (AvgIpc) is 2.21. The van der Waals surface area contributed by atoms with Gasteiger partial charge in [0, 0.05) is 24.3 Å². The van der Waals surface area contributed by atoms with Crippen LogP contribution < -0.4 is 10.9 Å². The Morgan fingerprint density at radius 1 is 1.31 bits per heavy atom. The number of nitrogens with zero attached hydrogens (tertiary/aromatic N) is 1. The third-order valence-electron chi connectivity index (χ3n) is 2.64. The lowest BCUT2D eigenvalue weighted by Crippen LogP contribution is -2.32. The van der Waals surface area contributed by atoms with Crippen LogP contribution in [0.4, 0.5) is 0 Å². The van der Waals surface area contributed by atoms with Crippen LogP contribution in [0.1, 0.15) is 26.5 Å². The zero-order valence-electron chi connectivity index (χ0n) is 10.7. The molecule has 0 aliphatic heterocycles. The topological polar surface area (TPSA) is 34.0 Å². The first-order valence-corrected chi connectivity index (χ1v) is 5.90. The van der Waals surface area contributed by atoms with E-state index in [0.717, 1.165) is 18.8 Å². The molecule has 0 radical (unpaired) electrons. The fraction of sp³-hybridized carbons (Fsp3) is 0.615. The number of rotatable bonds is 5. The minimum atomic E-state index is 0.0939. The lowest BCUT2D eigenvalue weighted by molar-refractivity contribution is 0.416. The fourth-order valence-corrected chi connectivity index (χ4v) is 1.67. The maximum Gasteiger partial charge on any atom is 0.250 e. The van der Waals surface area contributed by atoms with Crippen molar-refractivity contribution in [1.82, 2.24) is 9.88 Å². The standard InChI is InChI=1S/C13H22N2O/c1-10(2)14-8-11(3)9-15-12(4)6-5-7-13(15)16/h5-7,10-11,14H,8-9H2,1-4H3. The lowest BCUT2D eigenvalue weighted by atomic mass is 10.1. The van der Waals surface area contributed by atoms with Crippen LogP contribution in [0.2, 0.25) is 0 Å². The van der Waals surface area contributed by atoms with Crippen molar-refractivity contribution in [2.45, 2.75) is 40.3 Å². The molecule has 0 bridgehead atoms. The molecule has 90 valence electrons. The van der Waals surface area contributed by atoms with Crippen molar-refractivity contribution >= 4 is 0 Å². The quantitative estimate of drug-likeness (QED) is 0.824. The predicted octanol–water partition coefficient (Wildman–Crippen LogP) is 1.79. The van der Waals surface area contributed by atoms with Crippen LogP contribution in [0, 0.1) is 12.8 Å². The monoisotopic (exact) mass is 222 g/mol. The molecule has 1 atom stereocenters. The van der Waals surface area contributed by atoms with Gasteiger partial charge in [0.2, 0.25) is 0 Å². The van der Waals surface area contributed by atoms with E-state index < -0.39 is 0 Å². The molecule has 0 aromatic carbocycles. The first-order chi connectivity index (χ1) is 7.50. The molecule has 0 saturated carbocycles. The van der Waals surface area contributed by atoms with Gasteiger partial charge in [-0.2, -0.15) is 0 Å². The lowest BCUT2D eigenvalue weighted by Gasteiger charge is -2.17. The summed E-state index contributed by atoms with van der Waals surface area (Å²) >= 11 is 0. The molecule has 1 rings (SSSR count). The smallest absolute Gasteiger partial charge is 0.250 e. The van der Waals surface area contributed by atoms with Crippen molar-refractivity contribution in [3.05, 3.63) is 34.2 Å². The van der Waals surface area contributed by atoms with E-state index in [2.05, 4.69) is 26.1 Å². The van der Waals surface area contributed by atoms with E-state index in [0.29, 0.717) is 12.0 Å². The summed E-state index contributed by atoms with van der Waals surface area (Å²) in [6.07, 6.45) is 0. The Hall–Kier alpha value is -1.09. The van der Waals surface area contributed by atoms with Crippen LogP contribution in [0.3, 0.4) is 0 Å². The van der Waals surface area contributed by atoms with Crippen LogP contribution in [-0.4, -0.2) is 17.2 Å². The number of nitrogens with one attached hydrogen (secondary N) is 1. The molecule has 0 aliphatic carbocycles. The van der Waals surface area contributed by atoms with Gasteiger partial charge in [-0.3, -0.25) is 4.79 Å². The first kappa shape index (κ1) is 13.0. The van der Waals surface area contributed by atoms with Crippen molar-refractivity contribution in [2.75, 3.05) is 6.54 Å². The normalized spacial score (nSPS) is 13.1. The summed E-state index contributed by atoms with van der Waals surface area (Å²) in [5.74, 6) is 0.459. The van der Waals surface area contributed by atoms with Crippen molar-refractivity contribution in [3.8, 4) is 0 Å². The maximum atomic E-state index is 11.7. The summed E-state index contributed by atoms with van der Waals surface area (Å²) in [7, 11) is 0. The van der Waals surface area contributed by atoms with E-state index in [1.165, 1.54) is 0 Å². The van der Waals surface area contributed by atoms with Crippen molar-refractivity contribution in [3.63, 3.8) is 0 Å². The minimum Gasteiger partial charge on any atom is -0.314 e. The second-order valence-corrected chi connectivity index (χ2v) is 4.78. The highest BCUT2D eigenvalue weighted by Crippen LogP contribution is 2.01. The second kappa shape index (κ2) is 5.85. The first-order valence-electron chi connectivity index (χ1n) is 5.90. The number of aromatic nitrogens is 1. The van der Waals surface area contributed by atoms with Crippen LogP contribution in [0.15, 0.2) is 23.0 Å². The minimum absolute atomic E-state index is 0.0939. The van der Waals surface area contributed by atoms with Crippen molar-refractivity contribution in [1.29, 1.82) is 0 Å². The van der Waals surface area contributed by atoms with Crippen LogP contribution >= 0.6 is 0 Å². The Balaban J connectivity index is 2.62. The van der Waals surface area contributed by atoms with Gasteiger partial charge in [-0.1, -0.05) is 26.8 Å². The molecular formula is C13H22N2O. The molecule has 1 aromatic rings. The number of hydrogen-bond donors (Lipinski definition) is 1. The molecule has 1 aromatic heterocycles. The zero-order chi connectivity index (χ0) is 12.1. The van der Waals surface area contributed by atoms with Gasteiger partial charge in [0.05, 0.1) is 0 Å².